The van der Waals surface area contributed by atoms with Gasteiger partial charge in [-0.3, -0.25) is 4.79 Å². The molecular weight excluding hydrogens is 112 g/mol. The van der Waals surface area contributed by atoms with Crippen LogP contribution in [0.25, 0.3) is 0 Å². The van der Waals surface area contributed by atoms with Gasteiger partial charge in [-0.2, -0.15) is 0 Å². The van der Waals surface area contributed by atoms with Gasteiger partial charge in [0.25, 0.3) is 0 Å². The molecule has 9 heavy (non-hydrogen) atoms. The van der Waals surface area contributed by atoms with E-state index in [4.69, 9.17) is 0 Å². The molecule has 0 aliphatic heterocycles. The molecular formula is C8H9O. The van der Waals surface area contributed by atoms with Crippen LogP contribution < -0.4 is 0 Å². The maximum Gasteiger partial charge on any atom is 0.167 e. The van der Waals surface area contributed by atoms with Crippen molar-refractivity contribution >= 4 is 5.78 Å². The molecule has 1 aliphatic carbocycles. The fraction of sp³-hybridized carbons (Fsp3) is 0.375. The first kappa shape index (κ1) is 6.27. The Morgan fingerprint density at radius 2 is 2.56 bits per heavy atom. The Kier molecular flexibility index (Phi) is 1.83. The zero-order chi connectivity index (χ0) is 6.69. The Balaban J connectivity index is 2.65. The van der Waals surface area contributed by atoms with E-state index in [1.807, 2.05) is 6.08 Å². The lowest BCUT2D eigenvalue weighted by atomic mass is 10.0. The Hall–Kier alpha value is -0.850. The topological polar surface area (TPSA) is 17.1 Å². The quantitative estimate of drug-likeness (QED) is 0.515. The minimum atomic E-state index is 0.106. The van der Waals surface area contributed by atoms with E-state index < -0.39 is 0 Å². The van der Waals surface area contributed by atoms with E-state index in [0.717, 1.165) is 6.42 Å². The van der Waals surface area contributed by atoms with Gasteiger partial charge >= 0.3 is 0 Å². The maximum absolute atomic E-state index is 10.6. The second kappa shape index (κ2) is 2.62. The fourth-order valence-electron chi connectivity index (χ4n) is 0.812. The molecule has 0 saturated heterocycles. The van der Waals surface area contributed by atoms with Crippen LogP contribution >= 0.6 is 0 Å². The lowest BCUT2D eigenvalue weighted by Gasteiger charge is -2.02. The normalized spacial score (nSPS) is 17.9. The molecule has 0 fully saturated rings. The van der Waals surface area contributed by atoms with Gasteiger partial charge in [0.05, 0.1) is 0 Å². The molecule has 0 saturated carbocycles. The molecule has 0 aromatic heterocycles. The number of hydrogen-bond donors (Lipinski definition) is 0. The summed E-state index contributed by atoms with van der Waals surface area (Å²) in [7, 11) is 0. The van der Waals surface area contributed by atoms with Crippen LogP contribution in [0.1, 0.15) is 19.8 Å². The molecule has 0 amide bonds. The van der Waals surface area contributed by atoms with Crippen LogP contribution in [0.4, 0.5) is 0 Å². The van der Waals surface area contributed by atoms with E-state index in [-0.39, 0.29) is 5.78 Å². The summed E-state index contributed by atoms with van der Waals surface area (Å²) < 4.78 is 0. The number of allylic oxidation sites excluding steroid dienone is 4. The van der Waals surface area contributed by atoms with E-state index in [1.54, 1.807) is 6.08 Å². The van der Waals surface area contributed by atoms with Gasteiger partial charge in [0.1, 0.15) is 0 Å². The molecule has 0 atom stereocenters. The first-order valence-electron chi connectivity index (χ1n) is 3.13. The molecule has 1 nitrogen and oxygen atoms in total. The fourth-order valence-corrected chi connectivity index (χ4v) is 0.812. The maximum atomic E-state index is 10.6. The van der Waals surface area contributed by atoms with Crippen molar-refractivity contribution in [3.05, 3.63) is 23.8 Å². The smallest absolute Gasteiger partial charge is 0.167 e. The molecule has 0 unspecified atom stereocenters. The van der Waals surface area contributed by atoms with Crippen LogP contribution in [-0.4, -0.2) is 5.78 Å². The summed E-state index contributed by atoms with van der Waals surface area (Å²) in [5.41, 5.74) is 1.21. The number of carbonyl (C=O) groups is 1. The van der Waals surface area contributed by atoms with Gasteiger partial charge in [0, 0.05) is 12.5 Å². The highest BCUT2D eigenvalue weighted by Crippen LogP contribution is 2.10. The van der Waals surface area contributed by atoms with Gasteiger partial charge in [0.2, 0.25) is 0 Å². The third-order valence-electron chi connectivity index (χ3n) is 1.41. The Labute approximate surface area is 55.1 Å². The first-order chi connectivity index (χ1) is 4.33. The molecule has 0 spiro atoms. The van der Waals surface area contributed by atoms with Crippen molar-refractivity contribution < 1.29 is 4.79 Å². The van der Waals surface area contributed by atoms with Crippen molar-refractivity contribution in [2.45, 2.75) is 19.8 Å². The van der Waals surface area contributed by atoms with Crippen LogP contribution in [0.2, 0.25) is 0 Å². The summed E-state index contributed by atoms with van der Waals surface area (Å²) in [5.74, 6) is 0.106. The van der Waals surface area contributed by atoms with Gasteiger partial charge in [-0.05, 0) is 6.42 Å². The predicted molar refractivity (Wildman–Crippen MR) is 35.8 cm³/mol. The van der Waals surface area contributed by atoms with E-state index >= 15 is 0 Å². The molecule has 1 aliphatic rings. The van der Waals surface area contributed by atoms with Gasteiger partial charge in [-0.15, -0.1) is 0 Å². The highest BCUT2D eigenvalue weighted by Gasteiger charge is 2.03. The molecule has 1 radical (unpaired) electrons. The zero-order valence-electron chi connectivity index (χ0n) is 5.48. The largest absolute Gasteiger partial charge is 0.294 e. The van der Waals surface area contributed by atoms with Gasteiger partial charge < -0.3 is 0 Å². The van der Waals surface area contributed by atoms with Crippen LogP contribution in [-0.2, 0) is 4.79 Å². The average Bonchev–Trinajstić information content (AvgIpc) is 1.88. The van der Waals surface area contributed by atoms with Gasteiger partial charge in [0.15, 0.2) is 5.78 Å². The summed E-state index contributed by atoms with van der Waals surface area (Å²) in [5, 5.41) is 0. The lowest BCUT2D eigenvalue weighted by Crippen LogP contribution is -1.98. The summed E-state index contributed by atoms with van der Waals surface area (Å²) in [4.78, 5) is 10.6. The zero-order valence-corrected chi connectivity index (χ0v) is 5.48. The van der Waals surface area contributed by atoms with Crippen LogP contribution in [0.5, 0.6) is 0 Å². The van der Waals surface area contributed by atoms with E-state index in [0.29, 0.717) is 6.42 Å². The molecule has 1 heteroatoms. The van der Waals surface area contributed by atoms with Gasteiger partial charge in [-0.25, -0.2) is 0 Å². The number of rotatable bonds is 1. The summed E-state index contributed by atoms with van der Waals surface area (Å²) >= 11 is 0. The molecule has 1 rings (SSSR count). The van der Waals surface area contributed by atoms with Crippen molar-refractivity contribution in [2.24, 2.45) is 0 Å². The van der Waals surface area contributed by atoms with Crippen molar-refractivity contribution in [1.82, 2.24) is 0 Å². The van der Waals surface area contributed by atoms with Crippen LogP contribution in [0.15, 0.2) is 17.7 Å². The molecule has 0 aromatic rings. The monoisotopic (exact) mass is 121 g/mol. The summed E-state index contributed by atoms with van der Waals surface area (Å²) in [6.07, 6.45) is 7.82. The second-order valence-electron chi connectivity index (χ2n) is 2.09. The van der Waals surface area contributed by atoms with Crippen LogP contribution in [0, 0.1) is 6.08 Å². The summed E-state index contributed by atoms with van der Waals surface area (Å²) in [6.45, 7) is 2.05. The molecule has 0 aromatic carbocycles. The molecule has 0 bridgehead atoms. The Bertz CT molecular complexity index is 175. The lowest BCUT2D eigenvalue weighted by molar-refractivity contribution is -0.114. The van der Waals surface area contributed by atoms with Crippen molar-refractivity contribution in [3.8, 4) is 0 Å². The standard InChI is InChI=1S/C8H9O/c1-2-7-4-3-5-8(9)6-7/h3-4H,2,6H2,1H3. The van der Waals surface area contributed by atoms with E-state index in [2.05, 4.69) is 13.0 Å². The Morgan fingerprint density at radius 1 is 1.78 bits per heavy atom. The minimum absolute atomic E-state index is 0.106. The van der Waals surface area contributed by atoms with Crippen molar-refractivity contribution in [1.29, 1.82) is 0 Å². The average molecular weight is 121 g/mol. The highest BCUT2D eigenvalue weighted by atomic mass is 16.1. The first-order valence-corrected chi connectivity index (χ1v) is 3.13. The number of ketones is 1. The third-order valence-corrected chi connectivity index (χ3v) is 1.41. The van der Waals surface area contributed by atoms with Crippen molar-refractivity contribution in [3.63, 3.8) is 0 Å². The Morgan fingerprint density at radius 3 is 3.00 bits per heavy atom. The number of hydrogen-bond acceptors (Lipinski definition) is 1. The van der Waals surface area contributed by atoms with E-state index in [1.165, 1.54) is 5.57 Å². The number of Topliss-reactive ketones (excluding diaryl/α,β-unsaturated/α-hetero) is 1. The molecule has 0 heterocycles. The predicted octanol–water partition coefficient (Wildman–Crippen LogP) is 1.65. The highest BCUT2D eigenvalue weighted by molar-refractivity contribution is 5.89. The molecule has 0 N–H and O–H groups in total. The molecule has 47 valence electrons. The SMILES string of the molecule is CCC1=CC=[C]C(=O)C1. The summed E-state index contributed by atoms with van der Waals surface area (Å²) in [6, 6.07) is 0. The van der Waals surface area contributed by atoms with Crippen molar-refractivity contribution in [2.75, 3.05) is 0 Å². The van der Waals surface area contributed by atoms with Gasteiger partial charge in [-0.1, -0.05) is 24.6 Å². The number of carbonyl (C=O) groups excluding carboxylic acids is 1. The van der Waals surface area contributed by atoms with E-state index in [9.17, 15) is 4.79 Å². The third kappa shape index (κ3) is 1.53. The second-order valence-corrected chi connectivity index (χ2v) is 2.09. The van der Waals surface area contributed by atoms with Crippen LogP contribution in [0.3, 0.4) is 0 Å². The minimum Gasteiger partial charge on any atom is -0.294 e.